The van der Waals surface area contributed by atoms with E-state index in [-0.39, 0.29) is 5.91 Å². The number of carbonyl (C=O) groups is 1. The number of hydrogen-bond acceptors (Lipinski definition) is 4. The molecule has 0 radical (unpaired) electrons. The van der Waals surface area contributed by atoms with Gasteiger partial charge < -0.3 is 10.6 Å². The third-order valence-electron chi connectivity index (χ3n) is 2.54. The Morgan fingerprint density at radius 2 is 1.83 bits per heavy atom. The monoisotopic (exact) mass is 242 g/mol. The molecule has 5 nitrogen and oxygen atoms in total. The smallest absolute Gasteiger partial charge is 0.255 e. The van der Waals surface area contributed by atoms with E-state index in [1.54, 1.807) is 50.8 Å². The van der Waals surface area contributed by atoms with E-state index in [9.17, 15) is 4.79 Å². The first-order valence-electron chi connectivity index (χ1n) is 5.49. The van der Waals surface area contributed by atoms with Crippen molar-refractivity contribution in [3.8, 4) is 11.3 Å². The van der Waals surface area contributed by atoms with Crippen LogP contribution in [0, 0.1) is 0 Å². The van der Waals surface area contributed by atoms with Gasteiger partial charge in [0.15, 0.2) is 0 Å². The summed E-state index contributed by atoms with van der Waals surface area (Å²) in [6.45, 7) is 0. The van der Waals surface area contributed by atoms with Crippen molar-refractivity contribution in [1.29, 1.82) is 0 Å². The molecule has 2 N–H and O–H groups in total. The van der Waals surface area contributed by atoms with Crippen molar-refractivity contribution in [2.75, 3.05) is 19.8 Å². The minimum Gasteiger partial charge on any atom is -0.383 e. The first-order chi connectivity index (χ1) is 8.61. The summed E-state index contributed by atoms with van der Waals surface area (Å²) in [6, 6.07) is 7.03. The topological polar surface area (TPSA) is 72.1 Å². The molecule has 0 aromatic carbocycles. The molecule has 0 aliphatic carbocycles. The molecule has 0 unspecified atom stereocenters. The lowest BCUT2D eigenvalue weighted by Crippen LogP contribution is -2.22. The molecule has 0 fully saturated rings. The normalized spacial score (nSPS) is 10.1. The van der Waals surface area contributed by atoms with Crippen LogP contribution < -0.4 is 5.73 Å². The summed E-state index contributed by atoms with van der Waals surface area (Å²) in [7, 11) is 3.40. The molecule has 0 saturated heterocycles. The number of carbonyl (C=O) groups excluding carboxylic acids is 1. The predicted molar refractivity (Wildman–Crippen MR) is 69.9 cm³/mol. The molecule has 5 heteroatoms. The maximum Gasteiger partial charge on any atom is 0.255 e. The first-order valence-corrected chi connectivity index (χ1v) is 5.49. The van der Waals surface area contributed by atoms with Gasteiger partial charge in [0, 0.05) is 32.1 Å². The van der Waals surface area contributed by atoms with Crippen molar-refractivity contribution in [2.24, 2.45) is 0 Å². The Bertz CT molecular complexity index is 581. The van der Waals surface area contributed by atoms with Crippen LogP contribution in [0.5, 0.6) is 0 Å². The second-order valence-electron chi connectivity index (χ2n) is 4.04. The molecule has 0 aliphatic heterocycles. The molecule has 2 heterocycles. The molecule has 0 spiro atoms. The number of hydrogen-bond donors (Lipinski definition) is 1. The summed E-state index contributed by atoms with van der Waals surface area (Å²) in [5.74, 6) is 0.255. The van der Waals surface area contributed by atoms with Gasteiger partial charge in [0.25, 0.3) is 5.91 Å². The number of pyridine rings is 2. The Morgan fingerprint density at radius 1 is 1.17 bits per heavy atom. The molecule has 1 amide bonds. The SMILES string of the molecule is CN(C)C(=O)c1cccnc1-c1cccnc1N. The zero-order valence-electron chi connectivity index (χ0n) is 10.3. The van der Waals surface area contributed by atoms with Crippen LogP contribution in [-0.2, 0) is 0 Å². The lowest BCUT2D eigenvalue weighted by Gasteiger charge is -2.13. The Hall–Kier alpha value is -2.43. The molecule has 0 saturated carbocycles. The van der Waals surface area contributed by atoms with E-state index in [2.05, 4.69) is 9.97 Å². The maximum atomic E-state index is 12.1. The molecule has 0 bridgehead atoms. The summed E-state index contributed by atoms with van der Waals surface area (Å²) in [5.41, 5.74) is 7.56. The van der Waals surface area contributed by atoms with Crippen molar-refractivity contribution in [3.63, 3.8) is 0 Å². The van der Waals surface area contributed by atoms with Gasteiger partial charge in [-0.2, -0.15) is 0 Å². The van der Waals surface area contributed by atoms with Gasteiger partial charge in [0.05, 0.1) is 11.3 Å². The van der Waals surface area contributed by atoms with Gasteiger partial charge >= 0.3 is 0 Å². The standard InChI is InChI=1S/C13H14N4O/c1-17(2)13(18)10-6-4-7-15-11(10)9-5-3-8-16-12(9)14/h3-8H,1-2H3,(H2,14,16). The third-order valence-corrected chi connectivity index (χ3v) is 2.54. The van der Waals surface area contributed by atoms with Crippen LogP contribution in [0.2, 0.25) is 0 Å². The minimum atomic E-state index is -0.110. The zero-order valence-corrected chi connectivity index (χ0v) is 10.3. The van der Waals surface area contributed by atoms with E-state index in [0.29, 0.717) is 22.6 Å². The van der Waals surface area contributed by atoms with Crippen LogP contribution in [-0.4, -0.2) is 34.9 Å². The van der Waals surface area contributed by atoms with Crippen molar-refractivity contribution in [2.45, 2.75) is 0 Å². The lowest BCUT2D eigenvalue weighted by molar-refractivity contribution is 0.0828. The molecule has 2 aromatic rings. The van der Waals surface area contributed by atoms with Gasteiger partial charge in [-0.05, 0) is 24.3 Å². The highest BCUT2D eigenvalue weighted by Gasteiger charge is 2.16. The molecule has 0 atom stereocenters. The highest BCUT2D eigenvalue weighted by Crippen LogP contribution is 2.25. The molecule has 18 heavy (non-hydrogen) atoms. The van der Waals surface area contributed by atoms with E-state index in [4.69, 9.17) is 5.73 Å². The van der Waals surface area contributed by atoms with E-state index >= 15 is 0 Å². The fourth-order valence-corrected chi connectivity index (χ4v) is 1.65. The second kappa shape index (κ2) is 4.83. The number of nitrogen functional groups attached to an aromatic ring is 1. The lowest BCUT2D eigenvalue weighted by atomic mass is 10.1. The van der Waals surface area contributed by atoms with Crippen molar-refractivity contribution in [3.05, 3.63) is 42.2 Å². The number of rotatable bonds is 2. The van der Waals surface area contributed by atoms with Crippen LogP contribution in [0.25, 0.3) is 11.3 Å². The Morgan fingerprint density at radius 3 is 2.50 bits per heavy atom. The number of aromatic nitrogens is 2. The Kier molecular flexibility index (Phi) is 3.23. The van der Waals surface area contributed by atoms with Gasteiger partial charge in [0.2, 0.25) is 0 Å². The van der Waals surface area contributed by atoms with Crippen LogP contribution in [0.15, 0.2) is 36.7 Å². The van der Waals surface area contributed by atoms with Gasteiger partial charge in [-0.1, -0.05) is 0 Å². The molecule has 92 valence electrons. The summed E-state index contributed by atoms with van der Waals surface area (Å²) < 4.78 is 0. The van der Waals surface area contributed by atoms with E-state index in [0.717, 1.165) is 0 Å². The molecular formula is C13H14N4O. The predicted octanol–water partition coefficient (Wildman–Crippen LogP) is 1.43. The van der Waals surface area contributed by atoms with Crippen LogP contribution in [0.4, 0.5) is 5.82 Å². The average molecular weight is 242 g/mol. The fourth-order valence-electron chi connectivity index (χ4n) is 1.65. The summed E-state index contributed by atoms with van der Waals surface area (Å²) in [4.78, 5) is 21.8. The molecule has 2 aromatic heterocycles. The largest absolute Gasteiger partial charge is 0.383 e. The summed E-state index contributed by atoms with van der Waals surface area (Å²) >= 11 is 0. The zero-order chi connectivity index (χ0) is 13.1. The van der Waals surface area contributed by atoms with E-state index < -0.39 is 0 Å². The van der Waals surface area contributed by atoms with Gasteiger partial charge in [-0.15, -0.1) is 0 Å². The van der Waals surface area contributed by atoms with E-state index in [1.165, 1.54) is 4.90 Å². The summed E-state index contributed by atoms with van der Waals surface area (Å²) in [5, 5.41) is 0. The van der Waals surface area contributed by atoms with Crippen LogP contribution in [0.1, 0.15) is 10.4 Å². The number of nitrogens with zero attached hydrogens (tertiary/aromatic N) is 3. The van der Waals surface area contributed by atoms with Gasteiger partial charge in [-0.3, -0.25) is 9.78 Å². The fraction of sp³-hybridized carbons (Fsp3) is 0.154. The van der Waals surface area contributed by atoms with Crippen molar-refractivity contribution < 1.29 is 4.79 Å². The van der Waals surface area contributed by atoms with Gasteiger partial charge in [-0.25, -0.2) is 4.98 Å². The highest BCUT2D eigenvalue weighted by molar-refractivity contribution is 6.00. The minimum absolute atomic E-state index is 0.110. The summed E-state index contributed by atoms with van der Waals surface area (Å²) in [6.07, 6.45) is 3.24. The average Bonchev–Trinajstić information content (AvgIpc) is 2.38. The van der Waals surface area contributed by atoms with Crippen molar-refractivity contribution >= 4 is 11.7 Å². The molecule has 0 aliphatic rings. The van der Waals surface area contributed by atoms with Crippen molar-refractivity contribution in [1.82, 2.24) is 14.9 Å². The Labute approximate surface area is 105 Å². The van der Waals surface area contributed by atoms with Crippen LogP contribution in [0.3, 0.4) is 0 Å². The van der Waals surface area contributed by atoms with Crippen LogP contribution >= 0.6 is 0 Å². The quantitative estimate of drug-likeness (QED) is 0.864. The number of amides is 1. The molecular weight excluding hydrogens is 228 g/mol. The van der Waals surface area contributed by atoms with E-state index in [1.807, 2.05) is 0 Å². The second-order valence-corrected chi connectivity index (χ2v) is 4.04. The van der Waals surface area contributed by atoms with Gasteiger partial charge in [0.1, 0.15) is 5.82 Å². The highest BCUT2D eigenvalue weighted by atomic mass is 16.2. The number of nitrogens with two attached hydrogens (primary N) is 1. The third kappa shape index (κ3) is 2.15. The first kappa shape index (κ1) is 12.0. The molecule has 2 rings (SSSR count). The maximum absolute atomic E-state index is 12.1. The number of anilines is 1. The Balaban J connectivity index is 2.59.